The molecule has 1 saturated carbocycles. The van der Waals surface area contributed by atoms with Gasteiger partial charge >= 0.3 is 5.69 Å². The van der Waals surface area contributed by atoms with Crippen molar-refractivity contribution in [3.05, 3.63) is 34.0 Å². The molecule has 3 heterocycles. The third-order valence-electron chi connectivity index (χ3n) is 3.48. The Labute approximate surface area is 125 Å². The van der Waals surface area contributed by atoms with Crippen molar-refractivity contribution in [1.29, 1.82) is 0 Å². The highest BCUT2D eigenvalue weighted by molar-refractivity contribution is 5.36. The highest BCUT2D eigenvalue weighted by Gasteiger charge is 2.33. The van der Waals surface area contributed by atoms with Crippen molar-refractivity contribution in [3.8, 4) is 11.8 Å². The number of nitrogens with one attached hydrogen (secondary N) is 1. The van der Waals surface area contributed by atoms with Gasteiger partial charge in [0.1, 0.15) is 6.61 Å². The van der Waals surface area contributed by atoms with E-state index in [1.54, 1.807) is 6.07 Å². The fourth-order valence-corrected chi connectivity index (χ4v) is 2.18. The topological polar surface area (TPSA) is 117 Å². The van der Waals surface area contributed by atoms with Crippen LogP contribution in [0.1, 0.15) is 30.0 Å². The molecule has 3 aromatic rings. The summed E-state index contributed by atoms with van der Waals surface area (Å²) < 4.78 is 20.4. The maximum Gasteiger partial charge on any atom is 0.370 e. The molecule has 0 radical (unpaired) electrons. The normalized spacial score (nSPS) is 15.0. The maximum atomic E-state index is 12.0. The molecule has 10 heteroatoms. The zero-order valence-electron chi connectivity index (χ0n) is 12.7. The lowest BCUT2D eigenvalue weighted by Crippen LogP contribution is -2.22. The van der Waals surface area contributed by atoms with Crippen LogP contribution in [0, 0.1) is 0 Å². The summed E-state index contributed by atoms with van der Waals surface area (Å²) in [4.78, 5) is 12.0. The molecule has 0 bridgehead atoms. The molecule has 0 saturated heterocycles. The van der Waals surface area contributed by atoms with E-state index in [9.17, 15) is 4.79 Å². The smallest absolute Gasteiger partial charge is 0.370 e. The average molecular weight is 305 g/mol. The van der Waals surface area contributed by atoms with Crippen LogP contribution in [-0.4, -0.2) is 35.1 Å². The second-order valence-corrected chi connectivity index (χ2v) is 5.08. The molecule has 22 heavy (non-hydrogen) atoms. The van der Waals surface area contributed by atoms with Crippen LogP contribution in [0.5, 0.6) is 5.88 Å². The van der Waals surface area contributed by atoms with Crippen LogP contribution in [0.25, 0.3) is 5.88 Å². The van der Waals surface area contributed by atoms with E-state index in [-0.39, 0.29) is 12.5 Å². The van der Waals surface area contributed by atoms with E-state index in [4.69, 9.17) is 10.7 Å². The summed E-state index contributed by atoms with van der Waals surface area (Å²) in [6, 6.07) is 1.57. The first kappa shape index (κ1) is 11.7. The number of aryl methyl sites for hydroxylation is 1. The lowest BCUT2D eigenvalue weighted by atomic mass is 10.2. The SMILES string of the molecule is [3H]n1ccc(OCc2c(C3CC3)noc2-n2nnn(C)c2=O)n1. The molecule has 3 aromatic heterocycles. The van der Waals surface area contributed by atoms with E-state index in [2.05, 4.69) is 20.7 Å². The van der Waals surface area contributed by atoms with E-state index < -0.39 is 5.69 Å². The minimum Gasteiger partial charge on any atom is -0.471 e. The van der Waals surface area contributed by atoms with Crippen LogP contribution in [0.2, 0.25) is 1.41 Å². The molecule has 0 amide bonds. The average Bonchev–Trinajstić information content (AvgIpc) is 3.03. The van der Waals surface area contributed by atoms with Gasteiger partial charge in [-0.15, -0.1) is 9.78 Å². The van der Waals surface area contributed by atoms with Gasteiger partial charge in [0, 0.05) is 25.2 Å². The van der Waals surface area contributed by atoms with E-state index >= 15 is 0 Å². The van der Waals surface area contributed by atoms with Crippen molar-refractivity contribution >= 4 is 0 Å². The molecule has 0 aromatic carbocycles. The second-order valence-electron chi connectivity index (χ2n) is 5.08. The van der Waals surface area contributed by atoms with Crippen LogP contribution in [0.3, 0.4) is 0 Å². The molecular formula is C12H13N7O3. The molecule has 114 valence electrons. The largest absolute Gasteiger partial charge is 0.471 e. The van der Waals surface area contributed by atoms with Crippen molar-refractivity contribution in [2.75, 3.05) is 0 Å². The number of H-pyrrole nitrogens is 1. The summed E-state index contributed by atoms with van der Waals surface area (Å²) in [6.45, 7) is 0.116. The van der Waals surface area contributed by atoms with Crippen molar-refractivity contribution in [1.82, 2.24) is 35.1 Å². The summed E-state index contributed by atoms with van der Waals surface area (Å²) in [5, 5.41) is 16.3. The Hall–Kier alpha value is -2.91. The quantitative estimate of drug-likeness (QED) is 0.712. The van der Waals surface area contributed by atoms with Gasteiger partial charge in [0.25, 0.3) is 5.88 Å². The third kappa shape index (κ3) is 2.08. The van der Waals surface area contributed by atoms with Gasteiger partial charge in [0.15, 0.2) is 1.41 Å². The molecule has 1 aliphatic rings. The van der Waals surface area contributed by atoms with Gasteiger partial charge in [-0.05, 0) is 23.3 Å². The molecule has 1 aliphatic carbocycles. The number of rotatable bonds is 5. The molecular weight excluding hydrogens is 290 g/mol. The summed E-state index contributed by atoms with van der Waals surface area (Å²) in [5.41, 5.74) is 0.984. The van der Waals surface area contributed by atoms with Crippen molar-refractivity contribution in [2.24, 2.45) is 7.05 Å². The van der Waals surface area contributed by atoms with Gasteiger partial charge in [-0.3, -0.25) is 5.09 Å². The number of hydrogen-bond donors (Lipinski definition) is 1. The Morgan fingerprint density at radius 3 is 3.05 bits per heavy atom. The predicted octanol–water partition coefficient (Wildman–Crippen LogP) is 0.133. The molecule has 1 fully saturated rings. The molecule has 10 nitrogen and oxygen atoms in total. The van der Waals surface area contributed by atoms with E-state index in [0.29, 0.717) is 17.4 Å². The number of nitrogens with zero attached hydrogens (tertiary/aromatic N) is 6. The van der Waals surface area contributed by atoms with Gasteiger partial charge in [-0.25, -0.2) is 4.79 Å². The first-order chi connectivity index (χ1) is 11.1. The molecule has 0 atom stereocenters. The predicted molar refractivity (Wildman–Crippen MR) is 71.6 cm³/mol. The summed E-state index contributed by atoms with van der Waals surface area (Å²) in [5.74, 6) is 0.822. The molecule has 0 unspecified atom stereocenters. The molecule has 0 aliphatic heterocycles. The lowest BCUT2D eigenvalue weighted by Gasteiger charge is -2.03. The summed E-state index contributed by atoms with van der Waals surface area (Å²) >= 11 is 0. The highest BCUT2D eigenvalue weighted by atomic mass is 16.5. The first-order valence-corrected chi connectivity index (χ1v) is 6.79. The minimum absolute atomic E-state index is 0.116. The van der Waals surface area contributed by atoms with Crippen LogP contribution in [-0.2, 0) is 13.7 Å². The fourth-order valence-electron chi connectivity index (χ4n) is 2.18. The fraction of sp³-hybridized carbons (Fsp3) is 0.417. The summed E-state index contributed by atoms with van der Waals surface area (Å²) in [6.07, 6.45) is 3.50. The Morgan fingerprint density at radius 2 is 2.41 bits per heavy atom. The maximum absolute atomic E-state index is 12.0. The zero-order valence-corrected chi connectivity index (χ0v) is 11.7. The molecule has 4 rings (SSSR count). The van der Waals surface area contributed by atoms with Crippen molar-refractivity contribution in [3.63, 3.8) is 0 Å². The number of aromatic amines is 1. The van der Waals surface area contributed by atoms with Gasteiger partial charge in [0.05, 0.1) is 11.3 Å². The molecule has 0 spiro atoms. The lowest BCUT2D eigenvalue weighted by molar-refractivity contribution is 0.289. The highest BCUT2D eigenvalue weighted by Crippen LogP contribution is 2.42. The minimum atomic E-state index is -0.430. The van der Waals surface area contributed by atoms with Gasteiger partial charge < -0.3 is 9.26 Å². The van der Waals surface area contributed by atoms with Crippen molar-refractivity contribution < 1.29 is 10.7 Å². The third-order valence-corrected chi connectivity index (χ3v) is 3.48. The van der Waals surface area contributed by atoms with Crippen LogP contribution >= 0.6 is 0 Å². The first-order valence-electron chi connectivity index (χ1n) is 7.24. The zero-order chi connectivity index (χ0) is 16.0. The van der Waals surface area contributed by atoms with Gasteiger partial charge in [0.2, 0.25) is 5.88 Å². The van der Waals surface area contributed by atoms with Crippen molar-refractivity contribution in [2.45, 2.75) is 25.4 Å². The molecule has 1 N–H and O–H groups in total. The monoisotopic (exact) mass is 305 g/mol. The Bertz CT molecular complexity index is 904. The van der Waals surface area contributed by atoms with Gasteiger partial charge in [-0.1, -0.05) is 5.16 Å². The van der Waals surface area contributed by atoms with E-state index in [0.717, 1.165) is 33.0 Å². The van der Waals surface area contributed by atoms with Gasteiger partial charge in [-0.2, -0.15) is 4.68 Å². The van der Waals surface area contributed by atoms with E-state index in [1.165, 1.54) is 13.2 Å². The van der Waals surface area contributed by atoms with Crippen LogP contribution in [0.15, 0.2) is 21.6 Å². The van der Waals surface area contributed by atoms with Crippen LogP contribution in [0.4, 0.5) is 0 Å². The van der Waals surface area contributed by atoms with Crippen LogP contribution < -0.4 is 10.4 Å². The standard InChI is InChI=1S/C12H13N7O3/c1-18-12(20)19(17-16-18)11-8(6-21-9-4-5-13-14-9)10(15-22-11)7-2-3-7/h4-5,7H,2-3,6H2,1H3,(H,13,14)/i/hT. The Balaban J connectivity index is 1.69. The number of ether oxygens (including phenoxy) is 1. The summed E-state index contributed by atoms with van der Waals surface area (Å²) in [7, 11) is 1.50. The number of hydrogen-bond acceptors (Lipinski definition) is 7. The number of tetrazole rings is 1. The Kier molecular flexibility index (Phi) is 2.57. The second kappa shape index (κ2) is 4.83. The Morgan fingerprint density at radius 1 is 1.55 bits per heavy atom. The number of aromatic nitrogens is 7. The van der Waals surface area contributed by atoms with E-state index in [1.807, 2.05) is 0 Å².